The zero-order valence-corrected chi connectivity index (χ0v) is 40.7. The molecule has 21 heterocycles. The van der Waals surface area contributed by atoms with Gasteiger partial charge in [0.2, 0.25) is 0 Å². The Morgan fingerprint density at radius 3 is 0.590 bits per heavy atom. The van der Waals surface area contributed by atoms with Crippen LogP contribution in [-0.4, -0.2) is 363 Å². The van der Waals surface area contributed by atoms with Gasteiger partial charge in [-0.1, -0.05) is 0 Å². The molecule has 0 radical (unpaired) electrons. The Kier molecular flexibility index (Phi) is 21.0. The van der Waals surface area contributed by atoms with E-state index in [0.29, 0.717) is 0 Å². The fraction of sp³-hybridized carbons (Fsp3) is 0.976. The Bertz CT molecular complexity index is 1890. The maximum atomic E-state index is 11.4. The van der Waals surface area contributed by atoms with Gasteiger partial charge in [0.15, 0.2) is 44.0 Å². The molecule has 36 nitrogen and oxygen atoms in total. The summed E-state index contributed by atoms with van der Waals surface area (Å²) in [6.07, 6.45) is -69.3. The number of aliphatic hydroxyl groups is 20. The predicted octanol–water partition coefficient (Wildman–Crippen LogP) is -15.3. The fourth-order valence-electron chi connectivity index (χ4n) is 10.4. The van der Waals surface area contributed by atoms with E-state index in [2.05, 4.69) is 5.10 Å². The van der Waals surface area contributed by atoms with Crippen LogP contribution in [0.4, 0.5) is 0 Å². The van der Waals surface area contributed by atoms with E-state index >= 15 is 0 Å². The van der Waals surface area contributed by atoms with Crippen LogP contribution >= 0.6 is 0 Å². The van der Waals surface area contributed by atoms with Crippen LogP contribution in [0.1, 0.15) is 0 Å². The van der Waals surface area contributed by atoms with Gasteiger partial charge in [-0.25, -0.2) is 0 Å². The lowest BCUT2D eigenvalue weighted by Crippen LogP contribution is -2.68. The first-order valence-electron chi connectivity index (χ1n) is 24.7. The molecule has 452 valence electrons. The Labute approximate surface area is 439 Å². The lowest BCUT2D eigenvalue weighted by atomic mass is 9.95. The predicted molar refractivity (Wildman–Crippen MR) is 234 cm³/mol. The zero-order chi connectivity index (χ0) is 56.8. The minimum absolute atomic E-state index is 0.818. The molecule has 0 aromatic heterocycles. The van der Waals surface area contributed by atoms with Crippen LogP contribution in [0.5, 0.6) is 0 Å². The zero-order valence-electron chi connectivity index (χ0n) is 40.7. The molecule has 78 heavy (non-hydrogen) atoms. The van der Waals surface area contributed by atoms with Crippen molar-refractivity contribution in [3.8, 4) is 0 Å². The number of rotatable bonds is 7. The third-order valence-electron chi connectivity index (χ3n) is 14.8. The first-order chi connectivity index (χ1) is 37.2. The number of nitrogens with two attached hydrogens (primary N) is 1. The lowest BCUT2D eigenvalue weighted by molar-refractivity contribution is -0.396. The number of hydrogen-bond acceptors (Lipinski definition) is 36. The molecule has 0 saturated carbocycles. The number of aliphatic hydroxyl groups excluding tert-OH is 20. The molecule has 35 atom stereocenters. The molecule has 0 amide bonds. The molecule has 0 aliphatic carbocycles. The minimum Gasteiger partial charge on any atom is -0.394 e. The van der Waals surface area contributed by atoms with E-state index in [1.807, 2.05) is 0 Å². The summed E-state index contributed by atoms with van der Waals surface area (Å²) >= 11 is 0. The molecule has 0 unspecified atom stereocenters. The van der Waals surface area contributed by atoms with Gasteiger partial charge in [-0.15, -0.1) is 0 Å². The summed E-state index contributed by atoms with van der Waals surface area (Å²) in [5, 5.41) is 224. The maximum Gasteiger partial charge on any atom is 0.187 e. The summed E-state index contributed by atoms with van der Waals surface area (Å²) in [6.45, 7) is -6.27. The second-order valence-electron chi connectivity index (χ2n) is 19.7. The van der Waals surface area contributed by atoms with Crippen molar-refractivity contribution in [2.24, 2.45) is 10.9 Å². The number of nitrogens with zero attached hydrogens (tertiary/aromatic N) is 1. The van der Waals surface area contributed by atoms with E-state index in [9.17, 15) is 102 Å². The van der Waals surface area contributed by atoms with Gasteiger partial charge >= 0.3 is 0 Å². The summed E-state index contributed by atoms with van der Waals surface area (Å²) < 4.78 is 79.9. The van der Waals surface area contributed by atoms with Crippen LogP contribution in [0.2, 0.25) is 0 Å². The van der Waals surface area contributed by atoms with Gasteiger partial charge in [0, 0.05) is 0 Å². The largest absolute Gasteiger partial charge is 0.394 e. The van der Waals surface area contributed by atoms with Crippen molar-refractivity contribution < 1.29 is 168 Å². The Balaban J connectivity index is 1.08. The van der Waals surface area contributed by atoms with Crippen molar-refractivity contribution in [1.29, 1.82) is 0 Å². The van der Waals surface area contributed by atoms with Crippen LogP contribution in [0, 0.1) is 0 Å². The van der Waals surface area contributed by atoms with Crippen LogP contribution in [0.25, 0.3) is 0 Å². The highest BCUT2D eigenvalue weighted by molar-refractivity contribution is 5.64. The van der Waals surface area contributed by atoms with Crippen LogP contribution in [0.15, 0.2) is 5.10 Å². The Morgan fingerprint density at radius 1 is 0.244 bits per heavy atom. The average molecular weight is 1150 g/mol. The second-order valence-corrected chi connectivity index (χ2v) is 19.7. The average Bonchev–Trinajstić information content (AvgIpc) is 3.43. The number of ether oxygens (including phenoxy) is 14. The Hall–Kier alpha value is -1.89. The summed E-state index contributed by atoms with van der Waals surface area (Å²) in [5.41, 5.74) is 0. The third kappa shape index (κ3) is 12.1. The third-order valence-corrected chi connectivity index (χ3v) is 14.8. The van der Waals surface area contributed by atoms with E-state index in [1.54, 1.807) is 0 Å². The first kappa shape index (κ1) is 62.2. The van der Waals surface area contributed by atoms with Gasteiger partial charge in [-0.2, -0.15) is 5.10 Å². The van der Waals surface area contributed by atoms with E-state index < -0.39 is 255 Å². The van der Waals surface area contributed by atoms with Crippen LogP contribution in [-0.2, 0) is 66.3 Å². The van der Waals surface area contributed by atoms with Gasteiger partial charge < -0.3 is 174 Å². The molecule has 21 aliphatic heterocycles. The number of hydrazone groups is 1. The van der Waals surface area contributed by atoms with Crippen molar-refractivity contribution in [3.05, 3.63) is 0 Å². The summed E-state index contributed by atoms with van der Waals surface area (Å²) in [6, 6.07) is 0. The molecule has 22 N–H and O–H groups in total. The molecule has 21 fully saturated rings. The minimum atomic E-state index is -2.21. The van der Waals surface area contributed by atoms with Crippen molar-refractivity contribution in [2.75, 3.05) is 39.6 Å². The van der Waals surface area contributed by atoms with Gasteiger partial charge in [-0.3, -0.25) is 0 Å². The topological polar surface area (TPSA) is 572 Å². The van der Waals surface area contributed by atoms with Gasteiger partial charge in [0.25, 0.3) is 0 Å². The molecule has 36 heteroatoms. The summed E-state index contributed by atoms with van der Waals surface area (Å²) in [4.78, 5) is 0. The molecular weight excluding hydrogens is 1080 g/mol. The number of hydrogen-bond donors (Lipinski definition) is 21. The lowest BCUT2D eigenvalue weighted by Gasteiger charge is -2.50. The van der Waals surface area contributed by atoms with Gasteiger partial charge in [0.1, 0.15) is 171 Å². The first-order valence-corrected chi connectivity index (χ1v) is 24.7. The monoisotopic (exact) mass is 1150 g/mol. The molecule has 21 rings (SSSR count). The summed E-state index contributed by atoms with van der Waals surface area (Å²) in [5.74, 6) is 5.40. The van der Waals surface area contributed by atoms with Crippen molar-refractivity contribution in [1.82, 2.24) is 0 Å². The highest BCUT2D eigenvalue weighted by atomic mass is 16.8. The summed E-state index contributed by atoms with van der Waals surface area (Å²) in [7, 11) is 0. The standard InChI is InChI=1S/C42H70N2O34/c43-44-1-8-29-15(51)22(58)36(65-8)73-30-9(2-45)67-38(24(60)17(30)53)75-32-11(4-47)69-40(26(62)19(32)55)77-34-13(6-49)71-42(28(64)21(34)57)78-35-14(7-50)70-41(27(63)20(35)56)76-33-12(5-48)68-39(25(61)18(33)54)74-31-10(3-46)66-37(72-29)23(59)16(31)52/h1,8-42,45-64H,2-7,43H2/b44-1+/t8-,9+,10-,11+,12-,13+,14-,15+,16+,17+,18+,19-,20+,21+,22+,23+,24-,25+,26-,27+,28+,29+,30+,31+,32+,33+,34+,35+,36+,37+,38+,39+,40+,41+,42+/m0/s1. The van der Waals surface area contributed by atoms with Gasteiger partial charge in [0.05, 0.1) is 45.9 Å². The molecule has 21 aliphatic rings. The smallest absolute Gasteiger partial charge is 0.187 e. The normalized spacial score (nSPS) is 54.9. The van der Waals surface area contributed by atoms with Crippen LogP contribution in [0.3, 0.4) is 0 Å². The van der Waals surface area contributed by atoms with Gasteiger partial charge in [-0.05, 0) is 0 Å². The highest BCUT2D eigenvalue weighted by Gasteiger charge is 2.59. The van der Waals surface area contributed by atoms with Crippen molar-refractivity contribution >= 4 is 6.21 Å². The van der Waals surface area contributed by atoms with E-state index in [0.717, 1.165) is 6.21 Å². The second kappa shape index (κ2) is 26.4. The van der Waals surface area contributed by atoms with E-state index in [1.165, 1.54) is 0 Å². The SMILES string of the molecule is N/N=C/[C@@H]1O[C@@H]2O[C@H]3[C@H](O)[C@H](O)[C@@H](O[C@H]4[C@@H](O)[C@H](O)[C@@H](O[C@H]5[C@H](O)[C@@H](O)[C@@H](O[C@H]6[C@H](O)[C@@H](O)[C@@H](O[C@H]7[C@H](O)[C@@H](O)[C@@H](O[C@H]8[C@H](O)[C@@H](O)[C@@H](O[C@H]1[C@H](O)[C@H]2O)O[C@H]8CO)O[C@H]7CO)O[C@H]6CO)O[C@@H]5CO)O[C@@H]4CO)O[C@@H]3CO. The maximum absolute atomic E-state index is 11.4. The molecular formula is C42H70N2O34. The Morgan fingerprint density at radius 2 is 0.410 bits per heavy atom. The van der Waals surface area contributed by atoms with Crippen molar-refractivity contribution in [3.63, 3.8) is 0 Å². The molecule has 14 bridgehead atoms. The van der Waals surface area contributed by atoms with E-state index in [4.69, 9.17) is 72.2 Å². The molecule has 21 saturated heterocycles. The molecule has 0 aromatic carbocycles. The van der Waals surface area contributed by atoms with Crippen molar-refractivity contribution in [2.45, 2.75) is 215 Å². The fourth-order valence-corrected chi connectivity index (χ4v) is 10.4. The molecule has 0 aromatic rings. The molecule has 0 spiro atoms. The van der Waals surface area contributed by atoms with Crippen LogP contribution < -0.4 is 5.84 Å². The van der Waals surface area contributed by atoms with E-state index in [-0.39, 0.29) is 0 Å². The quantitative estimate of drug-likeness (QED) is 0.0639. The highest BCUT2D eigenvalue weighted by Crippen LogP contribution is 2.39.